The molecule has 1 fully saturated rings. The van der Waals surface area contributed by atoms with Crippen LogP contribution in [0.4, 0.5) is 5.69 Å². The largest absolute Gasteiger partial charge is 0.497 e. The average Bonchev–Trinajstić information content (AvgIpc) is 2.58. The van der Waals surface area contributed by atoms with Crippen LogP contribution in [0, 0.1) is 11.8 Å². The summed E-state index contributed by atoms with van der Waals surface area (Å²) in [6.45, 7) is 5.00. The molecule has 3 N–H and O–H groups in total. The molecule has 2 rings (SSSR count). The number of nitrogens with one attached hydrogen (secondary N) is 3. The third-order valence-electron chi connectivity index (χ3n) is 5.33. The van der Waals surface area contributed by atoms with Crippen LogP contribution in [0.5, 0.6) is 5.75 Å². The number of ether oxygens (including phenoxy) is 1. The molecule has 0 spiro atoms. The van der Waals surface area contributed by atoms with E-state index < -0.39 is 0 Å². The fourth-order valence-corrected chi connectivity index (χ4v) is 3.56. The van der Waals surface area contributed by atoms with Gasteiger partial charge in [0, 0.05) is 17.8 Å². The maximum absolute atomic E-state index is 12.3. The summed E-state index contributed by atoms with van der Waals surface area (Å²) < 4.78 is 5.15. The summed E-state index contributed by atoms with van der Waals surface area (Å²) in [4.78, 5) is 25.4. The molecule has 6 nitrogen and oxygen atoms in total. The summed E-state index contributed by atoms with van der Waals surface area (Å²) in [6, 6.07) is 7.49. The van der Waals surface area contributed by atoms with Crippen LogP contribution < -0.4 is 20.3 Å². The van der Waals surface area contributed by atoms with Crippen LogP contribution >= 0.6 is 0 Å². The first-order valence-corrected chi connectivity index (χ1v) is 9.43. The molecule has 1 unspecified atom stereocenters. The van der Waals surface area contributed by atoms with E-state index in [9.17, 15) is 9.59 Å². The topological polar surface area (TPSA) is 71.9 Å². The molecule has 0 bridgehead atoms. The molecule has 0 heterocycles. The first kappa shape index (κ1) is 20.2. The molecule has 1 aliphatic rings. The van der Waals surface area contributed by atoms with E-state index in [0.29, 0.717) is 29.8 Å². The number of carbonyl (C=O) groups excluding carboxylic acids is 2. The van der Waals surface area contributed by atoms with Crippen LogP contribution in [-0.4, -0.2) is 45.1 Å². The molecule has 26 heavy (non-hydrogen) atoms. The predicted molar refractivity (Wildman–Crippen MR) is 102 cm³/mol. The smallest absolute Gasteiger partial charge is 0.279 e. The van der Waals surface area contributed by atoms with Crippen molar-refractivity contribution in [1.29, 1.82) is 0 Å². The van der Waals surface area contributed by atoms with Gasteiger partial charge in [0.1, 0.15) is 5.75 Å². The Kier molecular flexibility index (Phi) is 7.45. The predicted octanol–water partition coefficient (Wildman–Crippen LogP) is 1.09. The fourth-order valence-electron chi connectivity index (χ4n) is 3.56. The van der Waals surface area contributed by atoms with Gasteiger partial charge < -0.3 is 20.3 Å². The molecular weight excluding hydrogens is 330 g/mol. The highest BCUT2D eigenvalue weighted by molar-refractivity contribution is 5.91. The molecule has 1 saturated carbocycles. The van der Waals surface area contributed by atoms with Crippen LogP contribution in [0.15, 0.2) is 24.3 Å². The first-order valence-electron chi connectivity index (χ1n) is 9.43. The Balaban J connectivity index is 1.77. The van der Waals surface area contributed by atoms with Crippen molar-refractivity contribution in [3.8, 4) is 5.75 Å². The molecule has 0 aromatic heterocycles. The van der Waals surface area contributed by atoms with Crippen molar-refractivity contribution in [3.63, 3.8) is 0 Å². The van der Waals surface area contributed by atoms with Gasteiger partial charge in [0.05, 0.1) is 14.2 Å². The number of carbonyl (C=O) groups is 2. The lowest BCUT2D eigenvalue weighted by atomic mass is 9.78. The number of benzene rings is 1. The molecule has 1 aromatic carbocycles. The first-order chi connectivity index (χ1) is 12.4. The van der Waals surface area contributed by atoms with Gasteiger partial charge in [-0.15, -0.1) is 0 Å². The molecule has 2 amide bonds. The van der Waals surface area contributed by atoms with Gasteiger partial charge in [-0.1, -0.05) is 32.8 Å². The van der Waals surface area contributed by atoms with Crippen molar-refractivity contribution in [1.82, 2.24) is 5.32 Å². The Morgan fingerprint density at radius 1 is 1.19 bits per heavy atom. The second-order valence-electron chi connectivity index (χ2n) is 7.53. The Hall–Kier alpha value is -2.08. The van der Waals surface area contributed by atoms with Crippen LogP contribution in [0.3, 0.4) is 0 Å². The summed E-state index contributed by atoms with van der Waals surface area (Å²) in [5, 5.41) is 6.00. The van der Waals surface area contributed by atoms with Gasteiger partial charge in [-0.05, 0) is 30.4 Å². The molecule has 1 aliphatic carbocycles. The normalized spacial score (nSPS) is 23.8. The number of hydrogen-bond acceptors (Lipinski definition) is 3. The van der Waals surface area contributed by atoms with Gasteiger partial charge in [0.25, 0.3) is 11.8 Å². The summed E-state index contributed by atoms with van der Waals surface area (Å²) in [5.74, 6) is 1.74. The summed E-state index contributed by atoms with van der Waals surface area (Å²) >= 11 is 0. The van der Waals surface area contributed by atoms with Crippen LogP contribution in [0.1, 0.15) is 33.1 Å². The van der Waals surface area contributed by atoms with Crippen molar-refractivity contribution >= 4 is 17.5 Å². The zero-order valence-corrected chi connectivity index (χ0v) is 16.3. The zero-order chi connectivity index (χ0) is 19.1. The average molecular weight is 362 g/mol. The van der Waals surface area contributed by atoms with Gasteiger partial charge in [-0.25, -0.2) is 0 Å². The third-order valence-corrected chi connectivity index (χ3v) is 5.33. The maximum atomic E-state index is 12.3. The van der Waals surface area contributed by atoms with E-state index in [1.54, 1.807) is 13.2 Å². The van der Waals surface area contributed by atoms with E-state index in [0.717, 1.165) is 11.3 Å². The fraction of sp³-hybridized carbons (Fsp3) is 0.600. The van der Waals surface area contributed by atoms with Gasteiger partial charge in [0.15, 0.2) is 13.1 Å². The van der Waals surface area contributed by atoms with Gasteiger partial charge in [0.2, 0.25) is 0 Å². The van der Waals surface area contributed by atoms with E-state index in [-0.39, 0.29) is 24.4 Å². The summed E-state index contributed by atoms with van der Waals surface area (Å²) in [5.41, 5.74) is 0.691. The van der Waals surface area contributed by atoms with E-state index in [4.69, 9.17) is 4.74 Å². The Labute approximate surface area is 156 Å². The van der Waals surface area contributed by atoms with Crippen LogP contribution in [0.2, 0.25) is 0 Å². The second-order valence-corrected chi connectivity index (χ2v) is 7.53. The molecular formula is C20H32N3O3+. The molecule has 0 saturated heterocycles. The maximum Gasteiger partial charge on any atom is 0.279 e. The minimum absolute atomic E-state index is 0.0163. The summed E-state index contributed by atoms with van der Waals surface area (Å²) in [6.07, 6.45) is 3.46. The molecule has 1 aromatic rings. The van der Waals surface area contributed by atoms with Crippen LogP contribution in [-0.2, 0) is 9.59 Å². The number of rotatable bonds is 7. The molecule has 0 aliphatic heterocycles. The van der Waals surface area contributed by atoms with E-state index in [2.05, 4.69) is 24.5 Å². The quantitative estimate of drug-likeness (QED) is 0.680. The lowest BCUT2D eigenvalue weighted by Crippen LogP contribution is -3.11. The van der Waals surface area contributed by atoms with E-state index in [1.165, 1.54) is 12.8 Å². The Morgan fingerprint density at radius 2 is 1.92 bits per heavy atom. The highest BCUT2D eigenvalue weighted by atomic mass is 16.5. The number of likely N-dealkylation sites (N-methyl/N-ethyl adjacent to an activating group) is 1. The summed E-state index contributed by atoms with van der Waals surface area (Å²) in [7, 11) is 3.45. The molecule has 4 atom stereocenters. The Bertz CT molecular complexity index is 620. The van der Waals surface area contributed by atoms with Crippen molar-refractivity contribution in [2.45, 2.75) is 39.2 Å². The van der Waals surface area contributed by atoms with Crippen molar-refractivity contribution in [3.05, 3.63) is 24.3 Å². The van der Waals surface area contributed by atoms with Crippen LogP contribution in [0.25, 0.3) is 0 Å². The minimum atomic E-state index is -0.122. The number of quaternary nitrogens is 1. The highest BCUT2D eigenvalue weighted by Gasteiger charge is 2.28. The van der Waals surface area contributed by atoms with E-state index >= 15 is 0 Å². The molecule has 6 heteroatoms. The lowest BCUT2D eigenvalue weighted by Gasteiger charge is -2.34. The van der Waals surface area contributed by atoms with Crippen molar-refractivity contribution < 1.29 is 19.2 Å². The standard InChI is InChI=1S/C20H31N3O3/c1-14-7-5-10-18(15(14)2)22-20(25)13-23(3)12-19(24)21-16-8-6-9-17(11-16)26-4/h6,8-9,11,14-15,18H,5,7,10,12-13H2,1-4H3,(H,21,24)(H,22,25)/p+1/t14-,15-,18-/m1/s1. The number of anilines is 1. The van der Waals surface area contributed by atoms with Crippen molar-refractivity contribution in [2.24, 2.45) is 11.8 Å². The number of hydrogen-bond donors (Lipinski definition) is 3. The van der Waals surface area contributed by atoms with Gasteiger partial charge >= 0.3 is 0 Å². The van der Waals surface area contributed by atoms with Gasteiger partial charge in [-0.3, -0.25) is 9.59 Å². The third kappa shape index (κ3) is 6.02. The number of amides is 2. The number of methoxy groups -OCH3 is 1. The van der Waals surface area contributed by atoms with Crippen molar-refractivity contribution in [2.75, 3.05) is 32.6 Å². The van der Waals surface area contributed by atoms with E-state index in [1.807, 2.05) is 25.2 Å². The minimum Gasteiger partial charge on any atom is -0.497 e. The molecule has 0 radical (unpaired) electrons. The van der Waals surface area contributed by atoms with Gasteiger partial charge in [-0.2, -0.15) is 0 Å². The zero-order valence-electron chi connectivity index (χ0n) is 16.3. The lowest BCUT2D eigenvalue weighted by molar-refractivity contribution is -0.862. The Morgan fingerprint density at radius 3 is 2.65 bits per heavy atom. The monoisotopic (exact) mass is 362 g/mol. The highest BCUT2D eigenvalue weighted by Crippen LogP contribution is 2.29. The molecule has 144 valence electrons. The second kappa shape index (κ2) is 9.57. The SMILES string of the molecule is COc1cccc(NC(=O)C[NH+](C)CC(=O)N[C@@H]2CCC[C@@H](C)[C@H]2C)c1.